The molecule has 1 heterocycles. The third kappa shape index (κ3) is 5.64. The predicted octanol–water partition coefficient (Wildman–Crippen LogP) is 5.02. The summed E-state index contributed by atoms with van der Waals surface area (Å²) in [4.78, 5) is 27.2. The molecule has 0 aliphatic carbocycles. The maximum atomic E-state index is 12.7. The monoisotopic (exact) mass is 426 g/mol. The highest BCUT2D eigenvalue weighted by atomic mass is 16.2. The quantitative estimate of drug-likeness (QED) is 0.602. The summed E-state index contributed by atoms with van der Waals surface area (Å²) >= 11 is 0. The number of hydrogen-bond donors (Lipinski definition) is 1. The molecule has 32 heavy (non-hydrogen) atoms. The Morgan fingerprint density at radius 2 is 1.47 bits per heavy atom. The highest BCUT2D eigenvalue weighted by Gasteiger charge is 2.24. The molecular formula is C28H30N2O2. The van der Waals surface area contributed by atoms with Crippen molar-refractivity contribution in [2.45, 2.75) is 38.6 Å². The van der Waals surface area contributed by atoms with Crippen molar-refractivity contribution < 1.29 is 9.59 Å². The zero-order valence-electron chi connectivity index (χ0n) is 18.6. The van der Waals surface area contributed by atoms with Crippen molar-refractivity contribution in [2.24, 2.45) is 0 Å². The van der Waals surface area contributed by atoms with Gasteiger partial charge >= 0.3 is 0 Å². The van der Waals surface area contributed by atoms with Gasteiger partial charge in [-0.15, -0.1) is 0 Å². The van der Waals surface area contributed by atoms with E-state index < -0.39 is 0 Å². The summed E-state index contributed by atoms with van der Waals surface area (Å²) in [5.41, 5.74) is 5.33. The summed E-state index contributed by atoms with van der Waals surface area (Å²) in [6, 6.07) is 26.3. The lowest BCUT2D eigenvalue weighted by atomic mass is 10.0. The van der Waals surface area contributed by atoms with Crippen LogP contribution in [0.25, 0.3) is 11.1 Å². The zero-order valence-corrected chi connectivity index (χ0v) is 18.6. The van der Waals surface area contributed by atoms with E-state index in [1.807, 2.05) is 47.4 Å². The van der Waals surface area contributed by atoms with Crippen molar-refractivity contribution in [1.29, 1.82) is 0 Å². The number of likely N-dealkylation sites (tertiary alicyclic amines) is 1. The van der Waals surface area contributed by atoms with Crippen molar-refractivity contribution in [3.63, 3.8) is 0 Å². The topological polar surface area (TPSA) is 49.4 Å². The van der Waals surface area contributed by atoms with Crippen molar-refractivity contribution in [2.75, 3.05) is 13.1 Å². The first-order valence-corrected chi connectivity index (χ1v) is 11.4. The van der Waals surface area contributed by atoms with Crippen molar-refractivity contribution in [1.82, 2.24) is 10.2 Å². The smallest absolute Gasteiger partial charge is 0.251 e. The molecule has 3 aromatic rings. The molecule has 1 saturated heterocycles. The van der Waals surface area contributed by atoms with Crippen LogP contribution in [0.15, 0.2) is 78.9 Å². The average molecular weight is 427 g/mol. The van der Waals surface area contributed by atoms with Crippen molar-refractivity contribution in [3.05, 3.63) is 95.6 Å². The van der Waals surface area contributed by atoms with Gasteiger partial charge in [0.1, 0.15) is 0 Å². The third-order valence-electron chi connectivity index (χ3n) is 6.19. The molecule has 164 valence electrons. The minimum atomic E-state index is -0.0474. The van der Waals surface area contributed by atoms with Gasteiger partial charge in [0, 0.05) is 31.1 Å². The Labute approximate surface area is 190 Å². The summed E-state index contributed by atoms with van der Waals surface area (Å²) in [7, 11) is 0. The van der Waals surface area contributed by atoms with Gasteiger partial charge < -0.3 is 10.2 Å². The highest BCUT2D eigenvalue weighted by molar-refractivity contribution is 5.94. The molecule has 0 aromatic heterocycles. The molecular weight excluding hydrogens is 396 g/mol. The Morgan fingerprint density at radius 3 is 2.12 bits per heavy atom. The second-order valence-corrected chi connectivity index (χ2v) is 8.56. The second kappa shape index (κ2) is 10.3. The summed E-state index contributed by atoms with van der Waals surface area (Å²) in [5.74, 6) is 0.153. The van der Waals surface area contributed by atoms with E-state index in [0.717, 1.165) is 30.4 Å². The minimum Gasteiger partial charge on any atom is -0.349 e. The molecule has 3 aromatic carbocycles. The normalized spacial score (nSPS) is 14.2. The van der Waals surface area contributed by atoms with E-state index in [-0.39, 0.29) is 17.9 Å². The van der Waals surface area contributed by atoms with Crippen LogP contribution in [0.2, 0.25) is 0 Å². The molecule has 2 amide bonds. The molecule has 1 N–H and O–H groups in total. The lowest BCUT2D eigenvalue weighted by molar-refractivity contribution is -0.132. The lowest BCUT2D eigenvalue weighted by Gasteiger charge is -2.32. The average Bonchev–Trinajstić information content (AvgIpc) is 2.84. The van der Waals surface area contributed by atoms with E-state index in [1.54, 1.807) is 0 Å². The molecule has 4 heteroatoms. The van der Waals surface area contributed by atoms with Crippen LogP contribution in [0, 0.1) is 6.92 Å². The second-order valence-electron chi connectivity index (χ2n) is 8.56. The highest BCUT2D eigenvalue weighted by Crippen LogP contribution is 2.20. The van der Waals surface area contributed by atoms with Crippen LogP contribution in [-0.2, 0) is 11.2 Å². The van der Waals surface area contributed by atoms with Crippen LogP contribution < -0.4 is 5.32 Å². The summed E-state index contributed by atoms with van der Waals surface area (Å²) in [5, 5.41) is 3.14. The number of nitrogens with one attached hydrogen (secondary N) is 1. The Kier molecular flexibility index (Phi) is 7.00. The Hall–Kier alpha value is -3.40. The van der Waals surface area contributed by atoms with Crippen molar-refractivity contribution in [3.8, 4) is 11.1 Å². The number of piperidine rings is 1. The Balaban J connectivity index is 1.23. The van der Waals surface area contributed by atoms with Gasteiger partial charge in [-0.2, -0.15) is 0 Å². The van der Waals surface area contributed by atoms with E-state index in [0.29, 0.717) is 25.1 Å². The molecule has 1 aliphatic rings. The van der Waals surface area contributed by atoms with E-state index in [1.165, 1.54) is 11.1 Å². The number of rotatable bonds is 6. The van der Waals surface area contributed by atoms with E-state index in [9.17, 15) is 9.59 Å². The number of benzene rings is 3. The molecule has 1 aliphatic heterocycles. The first kappa shape index (κ1) is 21.8. The predicted molar refractivity (Wildman–Crippen MR) is 128 cm³/mol. The molecule has 4 nitrogen and oxygen atoms in total. The molecule has 0 saturated carbocycles. The summed E-state index contributed by atoms with van der Waals surface area (Å²) in [6.45, 7) is 3.47. The Bertz CT molecular complexity index is 1040. The van der Waals surface area contributed by atoms with E-state index >= 15 is 0 Å². The number of aryl methyl sites for hydroxylation is 2. The van der Waals surface area contributed by atoms with Crippen LogP contribution in [0.3, 0.4) is 0 Å². The van der Waals surface area contributed by atoms with Crippen LogP contribution in [0.1, 0.15) is 40.7 Å². The van der Waals surface area contributed by atoms with Gasteiger partial charge in [0.25, 0.3) is 5.91 Å². The number of hydrogen-bond acceptors (Lipinski definition) is 2. The fourth-order valence-corrected chi connectivity index (χ4v) is 4.15. The molecule has 0 spiro atoms. The number of carbonyl (C=O) groups excluding carboxylic acids is 2. The van der Waals surface area contributed by atoms with Gasteiger partial charge in [0.05, 0.1) is 0 Å². The SMILES string of the molecule is Cc1ccc(CCC(=O)N2CCC(NC(=O)c3ccc(-c4ccccc4)cc3)CC2)cc1. The van der Waals surface area contributed by atoms with E-state index in [4.69, 9.17) is 0 Å². The third-order valence-corrected chi connectivity index (χ3v) is 6.19. The van der Waals surface area contributed by atoms with Gasteiger partial charge in [0.15, 0.2) is 0 Å². The van der Waals surface area contributed by atoms with Crippen LogP contribution in [0.4, 0.5) is 0 Å². The molecule has 1 fully saturated rings. The fourth-order valence-electron chi connectivity index (χ4n) is 4.15. The number of nitrogens with zero attached hydrogens (tertiary/aromatic N) is 1. The van der Waals surface area contributed by atoms with Gasteiger partial charge in [-0.3, -0.25) is 9.59 Å². The number of carbonyl (C=O) groups is 2. The van der Waals surface area contributed by atoms with Crippen LogP contribution in [-0.4, -0.2) is 35.8 Å². The van der Waals surface area contributed by atoms with Gasteiger partial charge in [-0.05, 0) is 55.0 Å². The first-order chi connectivity index (χ1) is 15.6. The van der Waals surface area contributed by atoms with Gasteiger partial charge in [-0.1, -0.05) is 72.3 Å². The zero-order chi connectivity index (χ0) is 22.3. The minimum absolute atomic E-state index is 0.0474. The summed E-state index contributed by atoms with van der Waals surface area (Å²) < 4.78 is 0. The maximum Gasteiger partial charge on any atom is 0.251 e. The Morgan fingerprint density at radius 1 is 0.844 bits per heavy atom. The molecule has 0 atom stereocenters. The van der Waals surface area contributed by atoms with E-state index in [2.05, 4.69) is 48.6 Å². The summed E-state index contributed by atoms with van der Waals surface area (Å²) in [6.07, 6.45) is 2.90. The standard InChI is InChI=1S/C28H30N2O2/c1-21-7-9-22(10-8-21)11-16-27(31)30-19-17-26(18-20-30)29-28(32)25-14-12-24(13-15-25)23-5-3-2-4-6-23/h2-10,12-15,26H,11,16-20H2,1H3,(H,29,32). The molecule has 4 rings (SSSR count). The van der Waals surface area contributed by atoms with Crippen LogP contribution in [0.5, 0.6) is 0 Å². The fraction of sp³-hybridized carbons (Fsp3) is 0.286. The molecule has 0 unspecified atom stereocenters. The van der Waals surface area contributed by atoms with Gasteiger partial charge in [-0.25, -0.2) is 0 Å². The maximum absolute atomic E-state index is 12.7. The largest absolute Gasteiger partial charge is 0.349 e. The van der Waals surface area contributed by atoms with Crippen molar-refractivity contribution >= 4 is 11.8 Å². The number of amides is 2. The van der Waals surface area contributed by atoms with Crippen LogP contribution >= 0.6 is 0 Å². The lowest BCUT2D eigenvalue weighted by Crippen LogP contribution is -2.46. The van der Waals surface area contributed by atoms with Gasteiger partial charge in [0.2, 0.25) is 5.91 Å². The molecule has 0 radical (unpaired) electrons. The molecule has 0 bridgehead atoms. The first-order valence-electron chi connectivity index (χ1n) is 11.4.